The normalized spacial score (nSPS) is 41.2. The fourth-order valence-electron chi connectivity index (χ4n) is 4.40. The summed E-state index contributed by atoms with van der Waals surface area (Å²) in [5, 5.41) is 0. The first-order chi connectivity index (χ1) is 10.9. The van der Waals surface area contributed by atoms with E-state index in [0.717, 1.165) is 24.8 Å². The number of ether oxygens (including phenoxy) is 1. The molecule has 3 heteroatoms. The standard InChI is InChI=1S/C20H24O3/c1-17(2)11-7-12-18(3)20(17)15-14-19(21-18,22-23-20)13-10-16-8-5-4-6-9-16/h4-6,8-10,13-15H,7,11-12H2,1-3H3/b13-10+/t18-,19+,20+/m0/s1. The lowest BCUT2D eigenvalue weighted by Gasteiger charge is -2.64. The second-order valence-corrected chi connectivity index (χ2v) is 7.77. The van der Waals surface area contributed by atoms with Crippen LogP contribution in [0.2, 0.25) is 0 Å². The molecule has 0 N–H and O–H groups in total. The lowest BCUT2D eigenvalue weighted by atomic mass is 9.57. The Kier molecular flexibility index (Phi) is 3.15. The average Bonchev–Trinajstić information content (AvgIpc) is 2.54. The number of fused-ring (bicyclic) bond motifs is 1. The summed E-state index contributed by atoms with van der Waals surface area (Å²) in [4.78, 5) is 11.8. The van der Waals surface area contributed by atoms with Crippen LogP contribution in [-0.4, -0.2) is 17.0 Å². The van der Waals surface area contributed by atoms with Gasteiger partial charge >= 0.3 is 0 Å². The monoisotopic (exact) mass is 312 g/mol. The van der Waals surface area contributed by atoms with Crippen molar-refractivity contribution in [3.63, 3.8) is 0 Å². The smallest absolute Gasteiger partial charge is 0.241 e. The molecule has 1 aliphatic carbocycles. The van der Waals surface area contributed by atoms with Crippen LogP contribution in [0, 0.1) is 5.41 Å². The van der Waals surface area contributed by atoms with Crippen molar-refractivity contribution in [2.24, 2.45) is 5.41 Å². The van der Waals surface area contributed by atoms with Crippen molar-refractivity contribution in [1.29, 1.82) is 0 Å². The van der Waals surface area contributed by atoms with Crippen molar-refractivity contribution in [2.75, 3.05) is 0 Å². The Labute approximate surface area is 137 Å². The van der Waals surface area contributed by atoms with Gasteiger partial charge in [0.2, 0.25) is 5.79 Å². The molecule has 0 radical (unpaired) electrons. The van der Waals surface area contributed by atoms with Crippen LogP contribution in [0.25, 0.3) is 6.08 Å². The molecule has 3 nitrogen and oxygen atoms in total. The zero-order valence-electron chi connectivity index (χ0n) is 14.0. The number of hydrogen-bond acceptors (Lipinski definition) is 3. The molecule has 4 aliphatic rings. The molecule has 5 rings (SSSR count). The molecule has 1 aromatic carbocycles. The minimum atomic E-state index is -0.931. The predicted octanol–water partition coefficient (Wildman–Crippen LogP) is 4.65. The van der Waals surface area contributed by atoms with E-state index in [1.807, 2.05) is 36.4 Å². The Morgan fingerprint density at radius 2 is 1.74 bits per heavy atom. The van der Waals surface area contributed by atoms with Gasteiger partial charge in [-0.2, -0.15) is 4.89 Å². The molecule has 3 aliphatic heterocycles. The largest absolute Gasteiger partial charge is 0.331 e. The van der Waals surface area contributed by atoms with Crippen LogP contribution < -0.4 is 0 Å². The van der Waals surface area contributed by atoms with Crippen LogP contribution in [0.3, 0.4) is 0 Å². The summed E-state index contributed by atoms with van der Waals surface area (Å²) in [5.74, 6) is -0.931. The third kappa shape index (κ3) is 2.07. The molecular weight excluding hydrogens is 288 g/mol. The Morgan fingerprint density at radius 3 is 2.43 bits per heavy atom. The van der Waals surface area contributed by atoms with Crippen LogP contribution in [0.5, 0.6) is 0 Å². The van der Waals surface area contributed by atoms with E-state index in [9.17, 15) is 0 Å². The maximum atomic E-state index is 6.49. The van der Waals surface area contributed by atoms with E-state index in [2.05, 4.69) is 39.0 Å². The van der Waals surface area contributed by atoms with Crippen molar-refractivity contribution in [2.45, 2.75) is 57.0 Å². The molecule has 3 heterocycles. The second-order valence-electron chi connectivity index (χ2n) is 7.77. The minimum absolute atomic E-state index is 0.0216. The first kappa shape index (κ1) is 15.1. The van der Waals surface area contributed by atoms with Crippen LogP contribution in [0.4, 0.5) is 0 Å². The zero-order chi connectivity index (χ0) is 16.2. The highest BCUT2D eigenvalue weighted by molar-refractivity contribution is 5.51. The van der Waals surface area contributed by atoms with E-state index in [4.69, 9.17) is 14.5 Å². The van der Waals surface area contributed by atoms with Crippen molar-refractivity contribution < 1.29 is 14.5 Å². The van der Waals surface area contributed by atoms with Crippen molar-refractivity contribution in [3.8, 4) is 0 Å². The van der Waals surface area contributed by atoms with Gasteiger partial charge in [-0.3, -0.25) is 0 Å². The lowest BCUT2D eigenvalue weighted by Crippen LogP contribution is -2.73. The summed E-state index contributed by atoms with van der Waals surface area (Å²) in [7, 11) is 0. The quantitative estimate of drug-likeness (QED) is 0.587. The van der Waals surface area contributed by atoms with Crippen LogP contribution >= 0.6 is 0 Å². The number of hydrogen-bond donors (Lipinski definition) is 0. The maximum absolute atomic E-state index is 6.49. The van der Waals surface area contributed by atoms with Gasteiger partial charge in [-0.1, -0.05) is 50.3 Å². The summed E-state index contributed by atoms with van der Waals surface area (Å²) in [6.07, 6.45) is 11.4. The molecule has 0 aromatic heterocycles. The molecule has 1 saturated carbocycles. The molecule has 23 heavy (non-hydrogen) atoms. The summed E-state index contributed by atoms with van der Waals surface area (Å²) >= 11 is 0. The van der Waals surface area contributed by atoms with Gasteiger partial charge in [0, 0.05) is 5.41 Å². The molecule has 122 valence electrons. The van der Waals surface area contributed by atoms with E-state index >= 15 is 0 Å². The highest BCUT2D eigenvalue weighted by Crippen LogP contribution is 2.60. The molecule has 3 atom stereocenters. The maximum Gasteiger partial charge on any atom is 0.241 e. The Hall–Kier alpha value is -1.42. The van der Waals surface area contributed by atoms with Gasteiger partial charge in [0.1, 0.15) is 5.60 Å². The Balaban J connectivity index is 1.71. The van der Waals surface area contributed by atoms with Crippen molar-refractivity contribution in [3.05, 3.63) is 54.1 Å². The van der Waals surface area contributed by atoms with Gasteiger partial charge < -0.3 is 4.74 Å². The third-order valence-corrected chi connectivity index (χ3v) is 5.79. The van der Waals surface area contributed by atoms with E-state index < -0.39 is 11.4 Å². The van der Waals surface area contributed by atoms with E-state index in [0.29, 0.717) is 0 Å². The van der Waals surface area contributed by atoms with Gasteiger partial charge in [-0.15, -0.1) is 0 Å². The predicted molar refractivity (Wildman–Crippen MR) is 89.4 cm³/mol. The Bertz CT molecular complexity index is 663. The summed E-state index contributed by atoms with van der Waals surface area (Å²) < 4.78 is 6.49. The molecule has 0 unspecified atom stereocenters. The van der Waals surface area contributed by atoms with Gasteiger partial charge in [0.25, 0.3) is 0 Å². The highest BCUT2D eigenvalue weighted by atomic mass is 17.3. The number of benzene rings is 1. The fourth-order valence-corrected chi connectivity index (χ4v) is 4.40. The minimum Gasteiger partial charge on any atom is -0.331 e. The molecule has 2 fully saturated rings. The van der Waals surface area contributed by atoms with E-state index in [1.165, 1.54) is 0 Å². The van der Waals surface area contributed by atoms with Crippen LogP contribution in [0.15, 0.2) is 48.6 Å². The van der Waals surface area contributed by atoms with Gasteiger partial charge in [0.15, 0.2) is 5.60 Å². The zero-order valence-corrected chi connectivity index (χ0v) is 14.0. The highest BCUT2D eigenvalue weighted by Gasteiger charge is 2.68. The van der Waals surface area contributed by atoms with E-state index in [-0.39, 0.29) is 11.0 Å². The summed E-state index contributed by atoms with van der Waals surface area (Å²) in [5.41, 5.74) is 0.203. The lowest BCUT2D eigenvalue weighted by molar-refractivity contribution is -0.540. The first-order valence-electron chi connectivity index (χ1n) is 8.42. The second kappa shape index (κ2) is 4.79. The number of rotatable bonds is 2. The molecule has 0 amide bonds. The molecular formula is C20H24O3. The van der Waals surface area contributed by atoms with E-state index in [1.54, 1.807) is 0 Å². The summed E-state index contributed by atoms with van der Waals surface area (Å²) in [6, 6.07) is 10.1. The average molecular weight is 312 g/mol. The molecule has 1 saturated heterocycles. The molecule has 1 aromatic rings. The third-order valence-electron chi connectivity index (χ3n) is 5.79. The SMILES string of the molecule is CC1(C)CCC[C@]2(C)O[C@@]3(/C=C/c4ccccc4)C=C[C@@]12OO3. The Morgan fingerprint density at radius 1 is 0.957 bits per heavy atom. The fraction of sp³-hybridized carbons (Fsp3) is 0.500. The van der Waals surface area contributed by atoms with Crippen molar-refractivity contribution >= 4 is 6.08 Å². The first-order valence-corrected chi connectivity index (χ1v) is 8.42. The molecule has 1 spiro atoms. The van der Waals surface area contributed by atoms with Crippen LogP contribution in [-0.2, 0) is 14.5 Å². The van der Waals surface area contributed by atoms with Crippen LogP contribution in [0.1, 0.15) is 45.6 Å². The summed E-state index contributed by atoms with van der Waals surface area (Å²) in [6.45, 7) is 6.63. The molecule has 2 bridgehead atoms. The topological polar surface area (TPSA) is 27.7 Å². The van der Waals surface area contributed by atoms with Gasteiger partial charge in [0.05, 0.1) is 0 Å². The van der Waals surface area contributed by atoms with Gasteiger partial charge in [-0.25, -0.2) is 4.89 Å². The van der Waals surface area contributed by atoms with Crippen molar-refractivity contribution in [1.82, 2.24) is 0 Å². The van der Waals surface area contributed by atoms with Gasteiger partial charge in [-0.05, 0) is 50.0 Å².